The Balaban J connectivity index is 0.00000160. The van der Waals surface area contributed by atoms with E-state index in [0.29, 0.717) is 22.7 Å². The minimum absolute atomic E-state index is 0. The van der Waals surface area contributed by atoms with Crippen molar-refractivity contribution in [2.75, 3.05) is 18.4 Å². The quantitative estimate of drug-likeness (QED) is 0.490. The first kappa shape index (κ1) is 23.7. The zero-order chi connectivity index (χ0) is 19.5. The van der Waals surface area contributed by atoms with Gasteiger partial charge in [-0.05, 0) is 61.8 Å². The summed E-state index contributed by atoms with van der Waals surface area (Å²) in [5, 5.41) is 9.30. The molecule has 160 valence electrons. The van der Waals surface area contributed by atoms with Gasteiger partial charge in [0.2, 0.25) is 0 Å². The van der Waals surface area contributed by atoms with Crippen LogP contribution in [0, 0.1) is 5.92 Å². The van der Waals surface area contributed by atoms with Crippen molar-refractivity contribution in [3.05, 3.63) is 59.9 Å². The normalized spacial score (nSPS) is 18.0. The van der Waals surface area contributed by atoms with Gasteiger partial charge in [-0.2, -0.15) is 0 Å². The summed E-state index contributed by atoms with van der Waals surface area (Å²) in [5.74, 6) is 0.0350. The van der Waals surface area contributed by atoms with E-state index in [1.807, 2.05) is 0 Å². The van der Waals surface area contributed by atoms with Crippen molar-refractivity contribution in [1.29, 1.82) is 0 Å². The van der Waals surface area contributed by atoms with Crippen LogP contribution in [0.15, 0.2) is 48.8 Å². The summed E-state index contributed by atoms with van der Waals surface area (Å²) in [6.07, 6.45) is 2.51. The molecule has 3 aromatic rings. The maximum Gasteiger partial charge on any atom is 0.255 e. The number of piperidine rings is 1. The molecule has 4 rings (SSSR count). The van der Waals surface area contributed by atoms with E-state index in [4.69, 9.17) is 0 Å². The van der Waals surface area contributed by atoms with Gasteiger partial charge in [-0.15, -0.1) is 24.8 Å². The highest BCUT2D eigenvalue weighted by molar-refractivity contribution is 6.06. The molecule has 4 N–H and O–H groups in total. The summed E-state index contributed by atoms with van der Waals surface area (Å²) in [5.41, 5.74) is 3.25. The molecular formula is C21H25Cl2N5O2. The molecule has 2 aromatic carbocycles. The minimum Gasteiger partial charge on any atom is -0.349 e. The SMILES string of the molecule is CC1CNCCC1NC(=O)c1cccc(NC(=O)c2ccc3nc[nH]c3c2)c1.Cl.Cl. The van der Waals surface area contributed by atoms with Crippen LogP contribution in [0.2, 0.25) is 0 Å². The van der Waals surface area contributed by atoms with Gasteiger partial charge in [0.25, 0.3) is 11.8 Å². The number of aromatic amines is 1. The smallest absolute Gasteiger partial charge is 0.255 e. The van der Waals surface area contributed by atoms with Crippen LogP contribution in [0.5, 0.6) is 0 Å². The first-order valence-electron chi connectivity index (χ1n) is 9.46. The van der Waals surface area contributed by atoms with Gasteiger partial charge >= 0.3 is 0 Å². The fourth-order valence-corrected chi connectivity index (χ4v) is 3.50. The molecule has 30 heavy (non-hydrogen) atoms. The summed E-state index contributed by atoms with van der Waals surface area (Å²) in [6, 6.07) is 12.4. The number of amides is 2. The average Bonchev–Trinajstić information content (AvgIpc) is 3.17. The van der Waals surface area contributed by atoms with Crippen molar-refractivity contribution in [3.63, 3.8) is 0 Å². The molecule has 0 saturated carbocycles. The number of fused-ring (bicyclic) bond motifs is 1. The van der Waals surface area contributed by atoms with Crippen molar-refractivity contribution in [3.8, 4) is 0 Å². The number of imidazole rings is 1. The highest BCUT2D eigenvalue weighted by Gasteiger charge is 2.23. The molecular weight excluding hydrogens is 425 g/mol. The monoisotopic (exact) mass is 449 g/mol. The number of halogens is 2. The molecule has 0 aliphatic carbocycles. The number of aromatic nitrogens is 2. The number of rotatable bonds is 4. The predicted molar refractivity (Wildman–Crippen MR) is 123 cm³/mol. The maximum absolute atomic E-state index is 12.6. The summed E-state index contributed by atoms with van der Waals surface area (Å²) < 4.78 is 0. The van der Waals surface area contributed by atoms with E-state index in [1.165, 1.54) is 0 Å². The van der Waals surface area contributed by atoms with Crippen molar-refractivity contribution in [2.24, 2.45) is 5.92 Å². The van der Waals surface area contributed by atoms with Crippen molar-refractivity contribution in [2.45, 2.75) is 19.4 Å². The van der Waals surface area contributed by atoms with E-state index >= 15 is 0 Å². The summed E-state index contributed by atoms with van der Waals surface area (Å²) in [4.78, 5) is 32.3. The summed E-state index contributed by atoms with van der Waals surface area (Å²) in [6.45, 7) is 3.94. The van der Waals surface area contributed by atoms with Gasteiger partial charge in [0.1, 0.15) is 0 Å². The molecule has 1 saturated heterocycles. The van der Waals surface area contributed by atoms with Gasteiger partial charge in [0.15, 0.2) is 0 Å². The van der Waals surface area contributed by atoms with Crippen LogP contribution in [0.1, 0.15) is 34.1 Å². The number of benzene rings is 2. The van der Waals surface area contributed by atoms with Crippen LogP contribution < -0.4 is 16.0 Å². The van der Waals surface area contributed by atoms with E-state index in [1.54, 1.807) is 48.8 Å². The standard InChI is InChI=1S/C21H23N5O2.2ClH/c1-13-11-22-8-7-17(13)26-21(28)14-3-2-4-16(9-14)25-20(27)15-5-6-18-19(10-15)24-12-23-18;;/h2-6,9-10,12-13,17,22H,7-8,11H2,1H3,(H,23,24)(H,25,27)(H,26,28);2*1H. The number of hydrogen-bond donors (Lipinski definition) is 4. The Morgan fingerprint density at radius 3 is 2.67 bits per heavy atom. The molecule has 9 heteroatoms. The molecule has 0 bridgehead atoms. The van der Waals surface area contributed by atoms with E-state index in [2.05, 4.69) is 32.8 Å². The third-order valence-electron chi connectivity index (χ3n) is 5.17. The number of carbonyl (C=O) groups is 2. The molecule has 2 atom stereocenters. The second-order valence-corrected chi connectivity index (χ2v) is 7.22. The van der Waals surface area contributed by atoms with Crippen LogP contribution in [-0.2, 0) is 0 Å². The molecule has 1 aliphatic heterocycles. The van der Waals surface area contributed by atoms with Crippen LogP contribution in [-0.4, -0.2) is 40.9 Å². The number of nitrogens with one attached hydrogen (secondary N) is 4. The topological polar surface area (TPSA) is 98.9 Å². The fourth-order valence-electron chi connectivity index (χ4n) is 3.50. The second kappa shape index (κ2) is 10.4. The molecule has 0 spiro atoms. The lowest BCUT2D eigenvalue weighted by molar-refractivity contribution is 0.0913. The highest BCUT2D eigenvalue weighted by atomic mass is 35.5. The number of hydrogen-bond acceptors (Lipinski definition) is 4. The van der Waals surface area contributed by atoms with Crippen LogP contribution in [0.4, 0.5) is 5.69 Å². The predicted octanol–water partition coefficient (Wildman–Crippen LogP) is 3.39. The molecule has 2 heterocycles. The van der Waals surface area contributed by atoms with Crippen molar-refractivity contribution >= 4 is 53.3 Å². The number of carbonyl (C=O) groups excluding carboxylic acids is 2. The summed E-state index contributed by atoms with van der Waals surface area (Å²) >= 11 is 0. The molecule has 2 amide bonds. The lowest BCUT2D eigenvalue weighted by Gasteiger charge is -2.30. The summed E-state index contributed by atoms with van der Waals surface area (Å²) in [7, 11) is 0. The third kappa shape index (κ3) is 5.30. The van der Waals surface area contributed by atoms with Gasteiger partial charge in [0, 0.05) is 22.9 Å². The molecule has 1 aliphatic rings. The van der Waals surface area contributed by atoms with E-state index in [9.17, 15) is 9.59 Å². The van der Waals surface area contributed by atoms with E-state index in [0.717, 1.165) is 30.5 Å². The molecule has 0 radical (unpaired) electrons. The zero-order valence-corrected chi connectivity index (χ0v) is 18.1. The third-order valence-corrected chi connectivity index (χ3v) is 5.17. The van der Waals surface area contributed by atoms with Crippen LogP contribution in [0.25, 0.3) is 11.0 Å². The van der Waals surface area contributed by atoms with Crippen LogP contribution >= 0.6 is 24.8 Å². The van der Waals surface area contributed by atoms with Gasteiger partial charge in [0.05, 0.1) is 17.4 Å². The number of nitrogens with zero attached hydrogens (tertiary/aromatic N) is 1. The second-order valence-electron chi connectivity index (χ2n) is 7.22. The minimum atomic E-state index is -0.235. The van der Waals surface area contributed by atoms with E-state index < -0.39 is 0 Å². The average molecular weight is 450 g/mol. The Morgan fingerprint density at radius 1 is 1.07 bits per heavy atom. The first-order chi connectivity index (χ1) is 13.6. The largest absolute Gasteiger partial charge is 0.349 e. The lowest BCUT2D eigenvalue weighted by atomic mass is 9.95. The Hall–Kier alpha value is -2.61. The van der Waals surface area contributed by atoms with Gasteiger partial charge < -0.3 is 20.9 Å². The molecule has 7 nitrogen and oxygen atoms in total. The van der Waals surface area contributed by atoms with Crippen molar-refractivity contribution < 1.29 is 9.59 Å². The highest BCUT2D eigenvalue weighted by Crippen LogP contribution is 2.17. The molecule has 1 aromatic heterocycles. The number of H-pyrrole nitrogens is 1. The van der Waals surface area contributed by atoms with E-state index in [-0.39, 0.29) is 42.7 Å². The van der Waals surface area contributed by atoms with Gasteiger partial charge in [-0.25, -0.2) is 4.98 Å². The fraction of sp³-hybridized carbons (Fsp3) is 0.286. The van der Waals surface area contributed by atoms with Crippen molar-refractivity contribution in [1.82, 2.24) is 20.6 Å². The molecule has 2 unspecified atom stereocenters. The molecule has 1 fully saturated rings. The van der Waals surface area contributed by atoms with Gasteiger partial charge in [-0.1, -0.05) is 13.0 Å². The Labute approximate surface area is 187 Å². The zero-order valence-electron chi connectivity index (χ0n) is 16.5. The Bertz CT molecular complexity index is 1020. The maximum atomic E-state index is 12.6. The van der Waals surface area contributed by atoms with Gasteiger partial charge in [-0.3, -0.25) is 9.59 Å². The van der Waals surface area contributed by atoms with Crippen LogP contribution in [0.3, 0.4) is 0 Å². The lowest BCUT2D eigenvalue weighted by Crippen LogP contribution is -2.48. The number of anilines is 1. The first-order valence-corrected chi connectivity index (χ1v) is 9.46. The Morgan fingerprint density at radius 2 is 1.87 bits per heavy atom. The Kier molecular flexibility index (Phi) is 8.23.